The zero-order valence-electron chi connectivity index (χ0n) is 26.9. The van der Waals surface area contributed by atoms with Crippen molar-refractivity contribution in [1.29, 1.82) is 0 Å². The maximum Gasteiger partial charge on any atom is 0.306 e. The lowest BCUT2D eigenvalue weighted by atomic mass is 9.98. The van der Waals surface area contributed by atoms with Gasteiger partial charge in [-0.25, -0.2) is 0 Å². The predicted molar refractivity (Wildman–Crippen MR) is 160 cm³/mol. The lowest BCUT2D eigenvalue weighted by Crippen LogP contribution is -2.61. The molecule has 0 amide bonds. The van der Waals surface area contributed by atoms with Gasteiger partial charge >= 0.3 is 5.97 Å². The first-order valence-corrected chi connectivity index (χ1v) is 16.6. The van der Waals surface area contributed by atoms with Crippen LogP contribution >= 0.6 is 0 Å². The number of carbonyl (C=O) groups excluding carboxylic acids is 1. The lowest BCUT2D eigenvalue weighted by Gasteiger charge is -2.42. The molecule has 0 aromatic rings. The number of rotatable bonds is 23. The van der Waals surface area contributed by atoms with E-state index in [9.17, 15) is 40.5 Å². The highest BCUT2D eigenvalue weighted by atomic mass is 16.7. The Labute approximate surface area is 266 Å². The molecule has 0 aromatic heterocycles. The maximum absolute atomic E-state index is 12.5. The Kier molecular flexibility index (Phi) is 20.1. The molecule has 0 bridgehead atoms. The van der Waals surface area contributed by atoms with Crippen LogP contribution in [-0.2, 0) is 33.2 Å². The van der Waals surface area contributed by atoms with Gasteiger partial charge in [-0.15, -0.1) is 0 Å². The number of carbonyl (C=O) groups is 1. The molecule has 0 saturated carbocycles. The summed E-state index contributed by atoms with van der Waals surface area (Å²) in [5.74, 6) is -0.394. The van der Waals surface area contributed by atoms with E-state index in [1.807, 2.05) is 0 Å². The molecule has 14 heteroatoms. The number of ether oxygens (including phenoxy) is 6. The minimum atomic E-state index is -1.69. The Hall–Kier alpha value is -1.01. The Morgan fingerprint density at radius 2 is 1.18 bits per heavy atom. The first kappa shape index (κ1) is 40.2. The van der Waals surface area contributed by atoms with Crippen molar-refractivity contribution < 1.29 is 69.0 Å². The molecule has 0 aliphatic carbocycles. The third kappa shape index (κ3) is 13.9. The smallest absolute Gasteiger partial charge is 0.306 e. The fourth-order valence-corrected chi connectivity index (χ4v) is 5.22. The van der Waals surface area contributed by atoms with Crippen molar-refractivity contribution in [2.24, 2.45) is 0 Å². The van der Waals surface area contributed by atoms with E-state index in [1.54, 1.807) is 0 Å². The van der Waals surface area contributed by atoms with Crippen molar-refractivity contribution in [3.8, 4) is 0 Å². The van der Waals surface area contributed by atoms with Crippen LogP contribution < -0.4 is 0 Å². The van der Waals surface area contributed by atoms with Crippen molar-refractivity contribution in [2.45, 2.75) is 158 Å². The van der Waals surface area contributed by atoms with Crippen LogP contribution in [0.2, 0.25) is 0 Å². The van der Waals surface area contributed by atoms with Gasteiger partial charge in [0.25, 0.3) is 0 Å². The average molecular weight is 655 g/mol. The van der Waals surface area contributed by atoms with Crippen LogP contribution in [0.15, 0.2) is 0 Å². The normalized spacial score (nSPS) is 32.8. The van der Waals surface area contributed by atoms with Gasteiger partial charge in [-0.3, -0.25) is 4.79 Å². The van der Waals surface area contributed by atoms with Crippen LogP contribution in [0.3, 0.4) is 0 Å². The molecule has 2 aliphatic rings. The van der Waals surface area contributed by atoms with Gasteiger partial charge in [-0.05, 0) is 12.8 Å². The van der Waals surface area contributed by atoms with Gasteiger partial charge in [0.15, 0.2) is 12.6 Å². The van der Waals surface area contributed by atoms with Gasteiger partial charge in [0.1, 0.15) is 54.9 Å². The van der Waals surface area contributed by atoms with Crippen molar-refractivity contribution in [1.82, 2.24) is 0 Å². The first-order chi connectivity index (χ1) is 21.6. The molecule has 11 atom stereocenters. The summed E-state index contributed by atoms with van der Waals surface area (Å²) in [6, 6.07) is 0. The Morgan fingerprint density at radius 3 is 1.80 bits per heavy atom. The summed E-state index contributed by atoms with van der Waals surface area (Å²) in [6.07, 6.45) is -4.37. The quantitative estimate of drug-likeness (QED) is 0.0582. The monoisotopic (exact) mass is 654 g/mol. The SMILES string of the molecule is CCCCCCCCOCC(COC1OC(COC2OC(CO)C(O)C(O)C2O)C(O)C(O)C1O)OC(=O)CCCCCCC. The van der Waals surface area contributed by atoms with E-state index in [-0.39, 0.29) is 19.6 Å². The van der Waals surface area contributed by atoms with Gasteiger partial charge in [-0.2, -0.15) is 0 Å². The number of unbranched alkanes of at least 4 members (excludes halogenated alkanes) is 9. The molecule has 2 saturated heterocycles. The van der Waals surface area contributed by atoms with Gasteiger partial charge in [-0.1, -0.05) is 71.6 Å². The van der Waals surface area contributed by atoms with Crippen molar-refractivity contribution >= 4 is 5.97 Å². The molecule has 266 valence electrons. The molecule has 2 heterocycles. The number of hydrogen-bond acceptors (Lipinski definition) is 14. The summed E-state index contributed by atoms with van der Waals surface area (Å²) in [4.78, 5) is 12.5. The van der Waals surface area contributed by atoms with E-state index in [2.05, 4.69) is 13.8 Å². The summed E-state index contributed by atoms with van der Waals surface area (Å²) >= 11 is 0. The van der Waals surface area contributed by atoms with Crippen LogP contribution in [0, 0.1) is 0 Å². The van der Waals surface area contributed by atoms with Crippen LogP contribution in [0.4, 0.5) is 0 Å². The molecule has 11 unspecified atom stereocenters. The van der Waals surface area contributed by atoms with Gasteiger partial charge in [0.2, 0.25) is 0 Å². The van der Waals surface area contributed by atoms with E-state index in [1.165, 1.54) is 19.3 Å². The second-order valence-corrected chi connectivity index (χ2v) is 12.0. The van der Waals surface area contributed by atoms with E-state index in [0.717, 1.165) is 44.9 Å². The topological polar surface area (TPSA) is 214 Å². The van der Waals surface area contributed by atoms with Crippen LogP contribution in [0.25, 0.3) is 0 Å². The fourth-order valence-electron chi connectivity index (χ4n) is 5.22. The zero-order valence-corrected chi connectivity index (χ0v) is 26.9. The Morgan fingerprint density at radius 1 is 0.644 bits per heavy atom. The largest absolute Gasteiger partial charge is 0.457 e. The second kappa shape index (κ2) is 22.5. The highest BCUT2D eigenvalue weighted by Crippen LogP contribution is 2.26. The summed E-state index contributed by atoms with van der Waals surface area (Å²) < 4.78 is 33.5. The van der Waals surface area contributed by atoms with E-state index in [4.69, 9.17) is 28.4 Å². The van der Waals surface area contributed by atoms with Crippen LogP contribution in [0.5, 0.6) is 0 Å². The minimum Gasteiger partial charge on any atom is -0.457 e. The number of hydrogen-bond donors (Lipinski definition) is 7. The Bertz CT molecular complexity index is 773. The minimum absolute atomic E-state index is 0.0637. The molecule has 0 aromatic carbocycles. The summed E-state index contributed by atoms with van der Waals surface area (Å²) in [6.45, 7) is 3.48. The number of aliphatic hydroxyl groups is 7. The van der Waals surface area contributed by atoms with Crippen LogP contribution in [0.1, 0.15) is 90.9 Å². The summed E-state index contributed by atoms with van der Waals surface area (Å²) in [7, 11) is 0. The molecular weight excluding hydrogens is 596 g/mol. The van der Waals surface area contributed by atoms with E-state index >= 15 is 0 Å². The standard InChI is InChI=1S/C31H58O14/c1-3-5-7-9-11-13-15-40-17-20(43-23(33)14-12-10-8-6-4-2)18-41-30-29(39)27(37)25(35)22(45-30)19-42-31-28(38)26(36)24(34)21(16-32)44-31/h20-22,24-32,34-39H,3-19H2,1-2H3. The fraction of sp³-hybridized carbons (Fsp3) is 0.968. The van der Waals surface area contributed by atoms with Gasteiger partial charge in [0, 0.05) is 13.0 Å². The average Bonchev–Trinajstić information content (AvgIpc) is 3.03. The highest BCUT2D eigenvalue weighted by molar-refractivity contribution is 5.69. The molecule has 0 spiro atoms. The third-order valence-corrected chi connectivity index (χ3v) is 8.12. The number of esters is 1. The molecule has 14 nitrogen and oxygen atoms in total. The highest BCUT2D eigenvalue weighted by Gasteiger charge is 2.47. The molecule has 2 fully saturated rings. The number of aliphatic hydroxyl groups excluding tert-OH is 7. The van der Waals surface area contributed by atoms with Gasteiger partial charge in [0.05, 0.1) is 26.4 Å². The molecule has 7 N–H and O–H groups in total. The summed E-state index contributed by atoms with van der Waals surface area (Å²) in [5, 5.41) is 71.0. The second-order valence-electron chi connectivity index (χ2n) is 12.0. The molecule has 0 radical (unpaired) electrons. The Balaban J connectivity index is 1.92. The molecular formula is C31H58O14. The van der Waals surface area contributed by atoms with Gasteiger partial charge < -0.3 is 64.2 Å². The van der Waals surface area contributed by atoms with E-state index in [0.29, 0.717) is 13.0 Å². The van der Waals surface area contributed by atoms with Crippen molar-refractivity contribution in [3.05, 3.63) is 0 Å². The lowest BCUT2D eigenvalue weighted by molar-refractivity contribution is -0.332. The predicted octanol–water partition coefficient (Wildman–Crippen LogP) is 0.277. The van der Waals surface area contributed by atoms with Crippen molar-refractivity contribution in [2.75, 3.05) is 33.0 Å². The molecule has 2 aliphatic heterocycles. The first-order valence-electron chi connectivity index (χ1n) is 16.6. The zero-order chi connectivity index (χ0) is 33.2. The maximum atomic E-state index is 12.5. The van der Waals surface area contributed by atoms with Crippen molar-refractivity contribution in [3.63, 3.8) is 0 Å². The third-order valence-electron chi connectivity index (χ3n) is 8.12. The van der Waals surface area contributed by atoms with E-state index < -0.39 is 86.7 Å². The molecule has 2 rings (SSSR count). The molecule has 45 heavy (non-hydrogen) atoms. The van der Waals surface area contributed by atoms with Crippen LogP contribution in [-0.4, -0.2) is 142 Å². The summed E-state index contributed by atoms with van der Waals surface area (Å²) in [5.41, 5.74) is 0.